The lowest BCUT2D eigenvalue weighted by atomic mass is 10.1. The summed E-state index contributed by atoms with van der Waals surface area (Å²) < 4.78 is 5.45. The number of carbonyl (C=O) groups excluding carboxylic acids is 1. The van der Waals surface area contributed by atoms with E-state index in [-0.39, 0.29) is 12.1 Å². The van der Waals surface area contributed by atoms with Crippen LogP contribution in [0, 0.1) is 0 Å². The van der Waals surface area contributed by atoms with Crippen LogP contribution >= 0.6 is 0 Å². The third-order valence-electron chi connectivity index (χ3n) is 3.78. The van der Waals surface area contributed by atoms with Crippen LogP contribution in [0.1, 0.15) is 27.7 Å². The number of anilines is 1. The van der Waals surface area contributed by atoms with Gasteiger partial charge in [0.25, 0.3) is 0 Å². The Morgan fingerprint density at radius 1 is 1.35 bits per heavy atom. The third kappa shape index (κ3) is 3.20. The van der Waals surface area contributed by atoms with Gasteiger partial charge in [-0.25, -0.2) is 14.8 Å². The molecule has 3 heterocycles. The van der Waals surface area contributed by atoms with Crippen molar-refractivity contribution in [3.63, 3.8) is 0 Å². The highest BCUT2D eigenvalue weighted by atomic mass is 16.6. The van der Waals surface area contributed by atoms with Gasteiger partial charge in [0, 0.05) is 25.7 Å². The molecule has 2 aromatic rings. The van der Waals surface area contributed by atoms with E-state index in [2.05, 4.69) is 32.0 Å². The molecule has 0 saturated carbocycles. The van der Waals surface area contributed by atoms with Gasteiger partial charge in [-0.1, -0.05) is 0 Å². The van der Waals surface area contributed by atoms with Crippen LogP contribution in [0.3, 0.4) is 0 Å². The summed E-state index contributed by atoms with van der Waals surface area (Å²) in [5, 5.41) is 7.77. The number of aromatic nitrogens is 4. The maximum atomic E-state index is 12.2. The molecule has 0 bridgehead atoms. The van der Waals surface area contributed by atoms with E-state index in [1.807, 2.05) is 20.8 Å². The maximum Gasteiger partial charge on any atom is 0.410 e. The summed E-state index contributed by atoms with van der Waals surface area (Å²) in [5.74, 6) is 0.847. The first kappa shape index (κ1) is 15.5. The van der Waals surface area contributed by atoms with Gasteiger partial charge in [0.1, 0.15) is 17.7 Å². The number of amides is 1. The minimum Gasteiger partial charge on any atom is -0.444 e. The monoisotopic (exact) mass is 318 g/mol. The van der Waals surface area contributed by atoms with Crippen molar-refractivity contribution in [2.75, 3.05) is 24.5 Å². The van der Waals surface area contributed by atoms with Crippen LogP contribution in [0.15, 0.2) is 12.5 Å². The Balaban J connectivity index is 1.74. The molecule has 1 fully saturated rings. The molecule has 1 aliphatic heterocycles. The highest BCUT2D eigenvalue weighted by Gasteiger charge is 2.31. The smallest absolute Gasteiger partial charge is 0.410 e. The van der Waals surface area contributed by atoms with Crippen LogP contribution in [0.4, 0.5) is 10.6 Å². The molecular formula is C15H22N6O2. The topological polar surface area (TPSA) is 87.2 Å². The first-order chi connectivity index (χ1) is 10.8. The lowest BCUT2D eigenvalue weighted by Gasteiger charge is -2.40. The Kier molecular flexibility index (Phi) is 3.83. The van der Waals surface area contributed by atoms with Gasteiger partial charge in [-0.05, 0) is 27.7 Å². The summed E-state index contributed by atoms with van der Waals surface area (Å²) in [4.78, 5) is 24.7. The van der Waals surface area contributed by atoms with Gasteiger partial charge < -0.3 is 14.5 Å². The fourth-order valence-electron chi connectivity index (χ4n) is 2.75. The number of H-pyrrole nitrogens is 1. The SMILES string of the molecule is C[C@H]1CN(C(=O)OC(C)(C)C)CCN1c1ncnc2[nH]ncc12. The van der Waals surface area contributed by atoms with E-state index in [9.17, 15) is 4.79 Å². The number of nitrogens with zero attached hydrogens (tertiary/aromatic N) is 5. The average molecular weight is 318 g/mol. The van der Waals surface area contributed by atoms with Crippen molar-refractivity contribution in [3.05, 3.63) is 12.5 Å². The first-order valence-electron chi connectivity index (χ1n) is 7.74. The van der Waals surface area contributed by atoms with Gasteiger partial charge in [-0.2, -0.15) is 5.10 Å². The summed E-state index contributed by atoms with van der Waals surface area (Å²) >= 11 is 0. The molecular weight excluding hydrogens is 296 g/mol. The first-order valence-corrected chi connectivity index (χ1v) is 7.74. The van der Waals surface area contributed by atoms with Crippen LogP contribution < -0.4 is 4.90 Å². The summed E-state index contributed by atoms with van der Waals surface area (Å²) in [6, 6.07) is 0.129. The van der Waals surface area contributed by atoms with E-state index < -0.39 is 5.60 Å². The molecule has 8 heteroatoms. The Morgan fingerprint density at radius 3 is 2.83 bits per heavy atom. The average Bonchev–Trinajstić information content (AvgIpc) is 2.94. The number of nitrogens with one attached hydrogen (secondary N) is 1. The molecule has 0 aromatic carbocycles. The molecule has 0 radical (unpaired) electrons. The van der Waals surface area contributed by atoms with Gasteiger partial charge >= 0.3 is 6.09 Å². The van der Waals surface area contributed by atoms with Crippen molar-refractivity contribution in [1.29, 1.82) is 0 Å². The lowest BCUT2D eigenvalue weighted by molar-refractivity contribution is 0.0218. The molecule has 8 nitrogen and oxygen atoms in total. The lowest BCUT2D eigenvalue weighted by Crippen LogP contribution is -2.54. The number of piperazine rings is 1. The number of hydrogen-bond acceptors (Lipinski definition) is 6. The highest BCUT2D eigenvalue weighted by molar-refractivity contribution is 5.86. The Morgan fingerprint density at radius 2 is 2.13 bits per heavy atom. The zero-order chi connectivity index (χ0) is 16.6. The van der Waals surface area contributed by atoms with E-state index in [1.165, 1.54) is 6.33 Å². The number of carbonyl (C=O) groups is 1. The van der Waals surface area contributed by atoms with E-state index in [1.54, 1.807) is 11.1 Å². The van der Waals surface area contributed by atoms with E-state index in [0.717, 1.165) is 16.9 Å². The van der Waals surface area contributed by atoms with Gasteiger partial charge in [-0.3, -0.25) is 5.10 Å². The minimum atomic E-state index is -0.479. The summed E-state index contributed by atoms with van der Waals surface area (Å²) in [5.41, 5.74) is 0.240. The molecule has 1 saturated heterocycles. The van der Waals surface area contributed by atoms with Crippen molar-refractivity contribution < 1.29 is 9.53 Å². The second kappa shape index (κ2) is 5.68. The predicted molar refractivity (Wildman–Crippen MR) is 86.3 cm³/mol. The standard InChI is InChI=1S/C15H22N6O2/c1-10-8-20(14(22)23-15(2,3)4)5-6-21(10)13-11-7-18-19-12(11)16-9-17-13/h7,9-10H,5-6,8H2,1-4H3,(H,16,17,18,19)/t10-/m0/s1. The molecule has 124 valence electrons. The number of rotatable bonds is 1. The number of hydrogen-bond donors (Lipinski definition) is 1. The largest absolute Gasteiger partial charge is 0.444 e. The molecule has 0 unspecified atom stereocenters. The zero-order valence-corrected chi connectivity index (χ0v) is 13.9. The summed E-state index contributed by atoms with van der Waals surface area (Å²) in [7, 11) is 0. The van der Waals surface area contributed by atoms with E-state index in [0.29, 0.717) is 19.6 Å². The number of ether oxygens (including phenoxy) is 1. The van der Waals surface area contributed by atoms with Crippen LogP contribution in [0.2, 0.25) is 0 Å². The van der Waals surface area contributed by atoms with Crippen molar-refractivity contribution in [3.8, 4) is 0 Å². The van der Waals surface area contributed by atoms with Crippen LogP contribution in [-0.4, -0.2) is 62.4 Å². The number of fused-ring (bicyclic) bond motifs is 1. The molecule has 3 rings (SSSR count). The predicted octanol–water partition coefficient (Wildman–Crippen LogP) is 1.80. The minimum absolute atomic E-state index is 0.129. The molecule has 0 aliphatic carbocycles. The van der Waals surface area contributed by atoms with Crippen LogP contribution in [-0.2, 0) is 4.74 Å². The normalized spacial score (nSPS) is 19.2. The summed E-state index contributed by atoms with van der Waals surface area (Å²) in [6.45, 7) is 9.59. The molecule has 2 aromatic heterocycles. The van der Waals surface area contributed by atoms with Crippen molar-refractivity contribution in [1.82, 2.24) is 25.1 Å². The fraction of sp³-hybridized carbons (Fsp3) is 0.600. The van der Waals surface area contributed by atoms with Crippen LogP contribution in [0.25, 0.3) is 11.0 Å². The van der Waals surface area contributed by atoms with Crippen molar-refractivity contribution >= 4 is 22.9 Å². The molecule has 1 aliphatic rings. The second-order valence-electron chi connectivity index (χ2n) is 6.80. The van der Waals surface area contributed by atoms with Crippen LogP contribution in [0.5, 0.6) is 0 Å². The quantitative estimate of drug-likeness (QED) is 0.862. The van der Waals surface area contributed by atoms with Gasteiger partial charge in [0.05, 0.1) is 11.6 Å². The van der Waals surface area contributed by atoms with Crippen molar-refractivity contribution in [2.24, 2.45) is 0 Å². The Hall–Kier alpha value is -2.38. The Labute approximate surface area is 134 Å². The zero-order valence-electron chi connectivity index (χ0n) is 13.9. The molecule has 23 heavy (non-hydrogen) atoms. The number of aromatic amines is 1. The third-order valence-corrected chi connectivity index (χ3v) is 3.78. The fourth-order valence-corrected chi connectivity index (χ4v) is 2.75. The van der Waals surface area contributed by atoms with Gasteiger partial charge in [0.15, 0.2) is 5.65 Å². The molecule has 0 spiro atoms. The highest BCUT2D eigenvalue weighted by Crippen LogP contribution is 2.25. The maximum absolute atomic E-state index is 12.2. The molecule has 1 amide bonds. The van der Waals surface area contributed by atoms with E-state index in [4.69, 9.17) is 4.74 Å². The van der Waals surface area contributed by atoms with E-state index >= 15 is 0 Å². The van der Waals surface area contributed by atoms with Gasteiger partial charge in [-0.15, -0.1) is 0 Å². The molecule has 1 N–H and O–H groups in total. The molecule has 1 atom stereocenters. The Bertz CT molecular complexity index is 707. The summed E-state index contributed by atoms with van der Waals surface area (Å²) in [6.07, 6.45) is 3.00. The second-order valence-corrected chi connectivity index (χ2v) is 6.80. The van der Waals surface area contributed by atoms with Crippen molar-refractivity contribution in [2.45, 2.75) is 39.3 Å². The van der Waals surface area contributed by atoms with Gasteiger partial charge in [0.2, 0.25) is 0 Å².